The molecule has 8 nitrogen and oxygen atoms in total. The molecule has 1 amide bonds. The number of amides is 1. The molecule has 122 valence electrons. The van der Waals surface area contributed by atoms with Crippen LogP contribution in [-0.4, -0.2) is 45.1 Å². The number of nitrogens with zero attached hydrogens (tertiary/aromatic N) is 4. The van der Waals surface area contributed by atoms with Gasteiger partial charge in [0.2, 0.25) is 5.91 Å². The van der Waals surface area contributed by atoms with Crippen LogP contribution in [-0.2, 0) is 20.7 Å². The largest absolute Gasteiger partial charge is 0.466 e. The molecule has 0 spiro atoms. The Morgan fingerprint density at radius 2 is 2.17 bits per heavy atom. The topological polar surface area (TPSA) is 98.5 Å². The molecular formula is C15H19N5O3. The van der Waals surface area contributed by atoms with Crippen molar-refractivity contribution in [2.24, 2.45) is 0 Å². The zero-order chi connectivity index (χ0) is 16.8. The summed E-state index contributed by atoms with van der Waals surface area (Å²) in [5.74, 6) is 0.0101. The van der Waals surface area contributed by atoms with Gasteiger partial charge in [-0.05, 0) is 25.8 Å². The van der Waals surface area contributed by atoms with Crippen molar-refractivity contribution in [1.82, 2.24) is 24.9 Å². The van der Waals surface area contributed by atoms with Gasteiger partial charge in [-0.15, -0.1) is 0 Å². The number of hydrogen-bond acceptors (Lipinski definition) is 6. The summed E-state index contributed by atoms with van der Waals surface area (Å²) in [5, 5.41) is 6.84. The number of aromatic nitrogens is 4. The first kappa shape index (κ1) is 16.6. The van der Waals surface area contributed by atoms with Crippen LogP contribution in [0.1, 0.15) is 23.4 Å². The van der Waals surface area contributed by atoms with Crippen molar-refractivity contribution < 1.29 is 14.3 Å². The number of esters is 1. The van der Waals surface area contributed by atoms with Crippen LogP contribution in [0.5, 0.6) is 0 Å². The van der Waals surface area contributed by atoms with Gasteiger partial charge in [-0.2, -0.15) is 10.1 Å². The summed E-state index contributed by atoms with van der Waals surface area (Å²) in [6.07, 6.45) is 5.17. The molecule has 0 saturated heterocycles. The highest BCUT2D eigenvalue weighted by atomic mass is 16.5. The molecule has 8 heteroatoms. The van der Waals surface area contributed by atoms with E-state index in [1.54, 1.807) is 10.6 Å². The summed E-state index contributed by atoms with van der Waals surface area (Å²) in [6, 6.07) is 0. The highest BCUT2D eigenvalue weighted by Gasteiger charge is 2.12. The van der Waals surface area contributed by atoms with Crippen LogP contribution >= 0.6 is 0 Å². The number of nitrogens with one attached hydrogen (secondary N) is 1. The molecule has 0 aliphatic carbocycles. The Bertz CT molecular complexity index is 751. The standard InChI is InChI=1S/C15H19N5O3/c1-10-12(11(2)20-15(19-10)17-9-18-20)6-7-13(21)16-8-4-5-14(22)23-3/h4-5,9H,6-8H2,1-3H3,(H,16,21)/b5-4+. The Labute approximate surface area is 133 Å². The van der Waals surface area contributed by atoms with Gasteiger partial charge in [0.15, 0.2) is 0 Å². The maximum atomic E-state index is 11.9. The second kappa shape index (κ2) is 7.48. The van der Waals surface area contributed by atoms with E-state index in [1.807, 2.05) is 13.8 Å². The Morgan fingerprint density at radius 3 is 2.91 bits per heavy atom. The number of hydrogen-bond donors (Lipinski definition) is 1. The predicted octanol–water partition coefficient (Wildman–Crippen LogP) is 0.519. The highest BCUT2D eigenvalue weighted by Crippen LogP contribution is 2.14. The normalized spacial score (nSPS) is 11.1. The van der Waals surface area contributed by atoms with Gasteiger partial charge in [-0.1, -0.05) is 6.08 Å². The molecule has 2 aromatic heterocycles. The molecular weight excluding hydrogens is 298 g/mol. The number of methoxy groups -OCH3 is 1. The van der Waals surface area contributed by atoms with E-state index in [0.717, 1.165) is 17.0 Å². The first-order chi connectivity index (χ1) is 11.0. The Morgan fingerprint density at radius 1 is 1.39 bits per heavy atom. The maximum Gasteiger partial charge on any atom is 0.330 e. The van der Waals surface area contributed by atoms with E-state index >= 15 is 0 Å². The van der Waals surface area contributed by atoms with Gasteiger partial charge in [0.1, 0.15) is 6.33 Å². The highest BCUT2D eigenvalue weighted by molar-refractivity contribution is 5.82. The predicted molar refractivity (Wildman–Crippen MR) is 82.7 cm³/mol. The van der Waals surface area contributed by atoms with Gasteiger partial charge in [0.25, 0.3) is 5.78 Å². The second-order valence-corrected chi connectivity index (χ2v) is 4.96. The third-order valence-corrected chi connectivity index (χ3v) is 3.46. The first-order valence-electron chi connectivity index (χ1n) is 7.20. The lowest BCUT2D eigenvalue weighted by Crippen LogP contribution is -2.24. The molecule has 0 aliphatic rings. The molecule has 1 N–H and O–H groups in total. The van der Waals surface area contributed by atoms with Crippen molar-refractivity contribution in [2.45, 2.75) is 26.7 Å². The van der Waals surface area contributed by atoms with E-state index in [-0.39, 0.29) is 12.5 Å². The summed E-state index contributed by atoms with van der Waals surface area (Å²) in [6.45, 7) is 4.11. The minimum absolute atomic E-state index is 0.1000. The van der Waals surface area contributed by atoms with Gasteiger partial charge in [0.05, 0.1) is 7.11 Å². The number of ether oxygens (including phenoxy) is 1. The summed E-state index contributed by atoms with van der Waals surface area (Å²) < 4.78 is 6.12. The van der Waals surface area contributed by atoms with Crippen LogP contribution in [0.3, 0.4) is 0 Å². The van der Waals surface area contributed by atoms with Gasteiger partial charge in [-0.3, -0.25) is 4.79 Å². The molecule has 0 bridgehead atoms. The average molecular weight is 317 g/mol. The number of rotatable bonds is 6. The smallest absolute Gasteiger partial charge is 0.330 e. The van der Waals surface area contributed by atoms with Gasteiger partial charge >= 0.3 is 5.97 Å². The van der Waals surface area contributed by atoms with Crippen molar-refractivity contribution >= 4 is 17.7 Å². The van der Waals surface area contributed by atoms with Crippen molar-refractivity contribution in [3.05, 3.63) is 35.4 Å². The van der Waals surface area contributed by atoms with Crippen LogP contribution in [0.2, 0.25) is 0 Å². The molecule has 0 atom stereocenters. The lowest BCUT2D eigenvalue weighted by molar-refractivity contribution is -0.134. The van der Waals surface area contributed by atoms with Crippen LogP contribution in [0.25, 0.3) is 5.78 Å². The molecule has 23 heavy (non-hydrogen) atoms. The van der Waals surface area contributed by atoms with E-state index in [2.05, 4.69) is 25.1 Å². The van der Waals surface area contributed by atoms with Crippen LogP contribution < -0.4 is 5.32 Å². The maximum absolute atomic E-state index is 11.9. The number of aryl methyl sites for hydroxylation is 2. The Hall–Kier alpha value is -2.77. The second-order valence-electron chi connectivity index (χ2n) is 4.96. The third-order valence-electron chi connectivity index (χ3n) is 3.46. The molecule has 0 aliphatic heterocycles. The molecule has 0 aromatic carbocycles. The molecule has 0 fully saturated rings. The number of carbonyl (C=O) groups excluding carboxylic acids is 2. The number of fused-ring (bicyclic) bond motifs is 1. The third kappa shape index (κ3) is 4.12. The molecule has 2 heterocycles. The summed E-state index contributed by atoms with van der Waals surface area (Å²) in [4.78, 5) is 31.2. The minimum Gasteiger partial charge on any atom is -0.466 e. The van der Waals surface area contributed by atoms with Crippen molar-refractivity contribution in [3.8, 4) is 0 Å². The van der Waals surface area contributed by atoms with E-state index in [1.165, 1.54) is 19.5 Å². The van der Waals surface area contributed by atoms with E-state index in [9.17, 15) is 9.59 Å². The molecule has 2 aromatic rings. The quantitative estimate of drug-likeness (QED) is 0.616. The lowest BCUT2D eigenvalue weighted by atomic mass is 10.1. The first-order valence-corrected chi connectivity index (χ1v) is 7.20. The van der Waals surface area contributed by atoms with Crippen molar-refractivity contribution in [1.29, 1.82) is 0 Å². The summed E-state index contributed by atoms with van der Waals surface area (Å²) in [5.41, 5.74) is 2.77. The average Bonchev–Trinajstić information content (AvgIpc) is 2.99. The fourth-order valence-corrected chi connectivity index (χ4v) is 2.24. The van der Waals surface area contributed by atoms with Crippen LogP contribution in [0.4, 0.5) is 0 Å². The molecule has 0 unspecified atom stereocenters. The summed E-state index contributed by atoms with van der Waals surface area (Å²) in [7, 11) is 1.30. The fraction of sp³-hybridized carbons (Fsp3) is 0.400. The Kier molecular flexibility index (Phi) is 5.40. The summed E-state index contributed by atoms with van der Waals surface area (Å²) >= 11 is 0. The van der Waals surface area contributed by atoms with Crippen LogP contribution in [0, 0.1) is 13.8 Å². The van der Waals surface area contributed by atoms with Gasteiger partial charge in [0, 0.05) is 30.4 Å². The lowest BCUT2D eigenvalue weighted by Gasteiger charge is -2.10. The van der Waals surface area contributed by atoms with Crippen LogP contribution in [0.15, 0.2) is 18.5 Å². The zero-order valence-corrected chi connectivity index (χ0v) is 13.4. The van der Waals surface area contributed by atoms with Gasteiger partial charge < -0.3 is 10.1 Å². The minimum atomic E-state index is -0.447. The fourth-order valence-electron chi connectivity index (χ4n) is 2.24. The number of carbonyl (C=O) groups is 2. The van der Waals surface area contributed by atoms with E-state index in [4.69, 9.17) is 0 Å². The van der Waals surface area contributed by atoms with E-state index in [0.29, 0.717) is 18.6 Å². The van der Waals surface area contributed by atoms with Gasteiger partial charge in [-0.25, -0.2) is 14.3 Å². The molecule has 0 radical (unpaired) electrons. The van der Waals surface area contributed by atoms with Crippen molar-refractivity contribution in [2.75, 3.05) is 13.7 Å². The SMILES string of the molecule is COC(=O)/C=C/CNC(=O)CCc1c(C)nc2ncnn2c1C. The molecule has 0 saturated carbocycles. The monoisotopic (exact) mass is 317 g/mol. The zero-order valence-electron chi connectivity index (χ0n) is 13.4. The Balaban J connectivity index is 1.92. The van der Waals surface area contributed by atoms with E-state index < -0.39 is 5.97 Å². The molecule has 2 rings (SSSR count). The van der Waals surface area contributed by atoms with Crippen molar-refractivity contribution in [3.63, 3.8) is 0 Å².